The third-order valence-electron chi connectivity index (χ3n) is 3.61. The van der Waals surface area contributed by atoms with Gasteiger partial charge >= 0.3 is 0 Å². The van der Waals surface area contributed by atoms with E-state index in [1.165, 1.54) is 6.33 Å². The number of rotatable bonds is 3. The SMILES string of the molecule is COc1cc(NC2C(N)C3CCOC32)ncn1. The number of nitrogens with zero attached hydrogens (tertiary/aromatic N) is 2. The average Bonchev–Trinajstić information content (AvgIpc) is 2.81. The molecule has 92 valence electrons. The van der Waals surface area contributed by atoms with Crippen molar-refractivity contribution in [3.63, 3.8) is 0 Å². The molecule has 1 aliphatic heterocycles. The maximum atomic E-state index is 6.11. The van der Waals surface area contributed by atoms with Crippen LogP contribution in [0.1, 0.15) is 6.42 Å². The van der Waals surface area contributed by atoms with Crippen molar-refractivity contribution >= 4 is 5.82 Å². The van der Waals surface area contributed by atoms with Gasteiger partial charge < -0.3 is 20.5 Å². The summed E-state index contributed by atoms with van der Waals surface area (Å²) in [5, 5.41) is 3.29. The first-order valence-electron chi connectivity index (χ1n) is 5.79. The molecule has 2 fully saturated rings. The molecule has 1 saturated carbocycles. The van der Waals surface area contributed by atoms with Gasteiger partial charge in [0.1, 0.15) is 12.1 Å². The van der Waals surface area contributed by atoms with E-state index < -0.39 is 0 Å². The highest BCUT2D eigenvalue weighted by Gasteiger charge is 2.52. The summed E-state index contributed by atoms with van der Waals surface area (Å²) in [6, 6.07) is 2.04. The predicted octanol–water partition coefficient (Wildman–Crippen LogP) is 0.0117. The number of fused-ring (bicyclic) bond motifs is 1. The summed E-state index contributed by atoms with van der Waals surface area (Å²) in [5.41, 5.74) is 6.11. The fourth-order valence-corrected chi connectivity index (χ4v) is 2.63. The third-order valence-corrected chi connectivity index (χ3v) is 3.61. The quantitative estimate of drug-likeness (QED) is 0.769. The molecule has 2 aliphatic rings. The van der Waals surface area contributed by atoms with Crippen molar-refractivity contribution < 1.29 is 9.47 Å². The van der Waals surface area contributed by atoms with Gasteiger partial charge in [0.15, 0.2) is 0 Å². The maximum absolute atomic E-state index is 6.11. The summed E-state index contributed by atoms with van der Waals surface area (Å²) in [4.78, 5) is 8.10. The Hall–Kier alpha value is -1.40. The summed E-state index contributed by atoms with van der Waals surface area (Å²) in [5.74, 6) is 1.77. The minimum Gasteiger partial charge on any atom is -0.481 e. The van der Waals surface area contributed by atoms with Crippen LogP contribution in [0.15, 0.2) is 12.4 Å². The molecule has 0 radical (unpaired) electrons. The lowest BCUT2D eigenvalue weighted by atomic mass is 9.72. The van der Waals surface area contributed by atoms with Crippen LogP contribution in [0, 0.1) is 5.92 Å². The van der Waals surface area contributed by atoms with Crippen LogP contribution in [-0.2, 0) is 4.74 Å². The van der Waals surface area contributed by atoms with E-state index in [0.29, 0.717) is 11.8 Å². The van der Waals surface area contributed by atoms with E-state index in [4.69, 9.17) is 15.2 Å². The molecule has 4 atom stereocenters. The molecule has 1 aromatic rings. The van der Waals surface area contributed by atoms with E-state index in [2.05, 4.69) is 15.3 Å². The Kier molecular flexibility index (Phi) is 2.60. The molecular formula is C11H16N4O2. The highest BCUT2D eigenvalue weighted by molar-refractivity contribution is 5.40. The fourth-order valence-electron chi connectivity index (χ4n) is 2.63. The molecular weight excluding hydrogens is 220 g/mol. The molecule has 3 rings (SSSR count). The van der Waals surface area contributed by atoms with Gasteiger partial charge in [-0.3, -0.25) is 0 Å². The number of methoxy groups -OCH3 is 1. The zero-order valence-corrected chi connectivity index (χ0v) is 9.67. The molecule has 4 unspecified atom stereocenters. The smallest absolute Gasteiger partial charge is 0.218 e. The molecule has 17 heavy (non-hydrogen) atoms. The molecule has 6 nitrogen and oxygen atoms in total. The van der Waals surface area contributed by atoms with E-state index in [-0.39, 0.29) is 18.2 Å². The summed E-state index contributed by atoms with van der Waals surface area (Å²) < 4.78 is 10.7. The molecule has 3 N–H and O–H groups in total. The molecule has 0 spiro atoms. The second-order valence-corrected chi connectivity index (χ2v) is 4.48. The molecule has 0 bridgehead atoms. The lowest BCUT2D eigenvalue weighted by Crippen LogP contribution is -2.65. The number of anilines is 1. The van der Waals surface area contributed by atoms with Gasteiger partial charge in [-0.05, 0) is 6.42 Å². The fraction of sp³-hybridized carbons (Fsp3) is 0.636. The molecule has 6 heteroatoms. The van der Waals surface area contributed by atoms with Crippen LogP contribution in [0.2, 0.25) is 0 Å². The van der Waals surface area contributed by atoms with Gasteiger partial charge in [0.05, 0.1) is 19.3 Å². The van der Waals surface area contributed by atoms with Crippen LogP contribution in [-0.4, -0.2) is 41.9 Å². The maximum Gasteiger partial charge on any atom is 0.218 e. The second-order valence-electron chi connectivity index (χ2n) is 4.48. The van der Waals surface area contributed by atoms with Crippen molar-refractivity contribution in [2.75, 3.05) is 19.0 Å². The van der Waals surface area contributed by atoms with Gasteiger partial charge in [0, 0.05) is 24.6 Å². The largest absolute Gasteiger partial charge is 0.481 e. The minimum absolute atomic E-state index is 0.141. The summed E-state index contributed by atoms with van der Waals surface area (Å²) in [6.07, 6.45) is 2.76. The highest BCUT2D eigenvalue weighted by atomic mass is 16.5. The minimum atomic E-state index is 0.141. The van der Waals surface area contributed by atoms with Crippen LogP contribution in [0.4, 0.5) is 5.82 Å². The van der Waals surface area contributed by atoms with Crippen LogP contribution in [0.3, 0.4) is 0 Å². The zero-order valence-electron chi connectivity index (χ0n) is 9.67. The van der Waals surface area contributed by atoms with Crippen molar-refractivity contribution in [3.05, 3.63) is 12.4 Å². The van der Waals surface area contributed by atoms with Gasteiger partial charge in [-0.2, -0.15) is 0 Å². The molecule has 2 heterocycles. The number of hydrogen-bond donors (Lipinski definition) is 2. The number of aromatic nitrogens is 2. The number of nitrogens with one attached hydrogen (secondary N) is 1. The van der Waals surface area contributed by atoms with Crippen LogP contribution >= 0.6 is 0 Å². The van der Waals surface area contributed by atoms with Gasteiger partial charge in [-0.15, -0.1) is 0 Å². The number of ether oxygens (including phenoxy) is 2. The Morgan fingerprint density at radius 2 is 2.41 bits per heavy atom. The van der Waals surface area contributed by atoms with E-state index in [0.717, 1.165) is 18.8 Å². The molecule has 1 aromatic heterocycles. The van der Waals surface area contributed by atoms with E-state index in [1.54, 1.807) is 13.2 Å². The summed E-state index contributed by atoms with van der Waals surface area (Å²) in [7, 11) is 1.58. The van der Waals surface area contributed by atoms with Crippen LogP contribution < -0.4 is 15.8 Å². The topological polar surface area (TPSA) is 82.3 Å². The average molecular weight is 236 g/mol. The lowest BCUT2D eigenvalue weighted by molar-refractivity contribution is 0.00522. The van der Waals surface area contributed by atoms with Crippen molar-refractivity contribution in [1.82, 2.24) is 9.97 Å². The first-order chi connectivity index (χ1) is 8.29. The zero-order chi connectivity index (χ0) is 11.8. The first kappa shape index (κ1) is 10.7. The van der Waals surface area contributed by atoms with Crippen molar-refractivity contribution in [2.24, 2.45) is 11.7 Å². The number of nitrogens with two attached hydrogens (primary N) is 1. The van der Waals surface area contributed by atoms with Crippen molar-refractivity contribution in [1.29, 1.82) is 0 Å². The van der Waals surface area contributed by atoms with E-state index in [9.17, 15) is 0 Å². The Morgan fingerprint density at radius 3 is 3.24 bits per heavy atom. The predicted molar refractivity (Wildman–Crippen MR) is 61.8 cm³/mol. The Balaban J connectivity index is 1.70. The first-order valence-corrected chi connectivity index (χ1v) is 5.79. The highest BCUT2D eigenvalue weighted by Crippen LogP contribution is 2.39. The lowest BCUT2D eigenvalue weighted by Gasteiger charge is -2.45. The van der Waals surface area contributed by atoms with Gasteiger partial charge in [0.25, 0.3) is 0 Å². The van der Waals surface area contributed by atoms with Gasteiger partial charge in [-0.25, -0.2) is 9.97 Å². The standard InChI is InChI=1S/C11H16N4O2/c1-16-8-4-7(13-5-14-8)15-10-9(12)6-2-3-17-11(6)10/h4-6,9-11H,2-3,12H2,1H3,(H,13,14,15). The Morgan fingerprint density at radius 1 is 1.53 bits per heavy atom. The molecule has 1 saturated heterocycles. The monoisotopic (exact) mass is 236 g/mol. The van der Waals surface area contributed by atoms with Crippen LogP contribution in [0.5, 0.6) is 5.88 Å². The van der Waals surface area contributed by atoms with Gasteiger partial charge in [0.2, 0.25) is 5.88 Å². The number of hydrogen-bond acceptors (Lipinski definition) is 6. The Labute approximate surface area is 99.5 Å². The Bertz CT molecular complexity index is 414. The molecule has 0 amide bonds. The van der Waals surface area contributed by atoms with E-state index in [1.807, 2.05) is 0 Å². The second kappa shape index (κ2) is 4.12. The van der Waals surface area contributed by atoms with Gasteiger partial charge in [-0.1, -0.05) is 0 Å². The third kappa shape index (κ3) is 1.73. The van der Waals surface area contributed by atoms with E-state index >= 15 is 0 Å². The normalized spacial score (nSPS) is 34.9. The molecule has 1 aliphatic carbocycles. The van der Waals surface area contributed by atoms with Crippen molar-refractivity contribution in [3.8, 4) is 5.88 Å². The van der Waals surface area contributed by atoms with Crippen LogP contribution in [0.25, 0.3) is 0 Å². The van der Waals surface area contributed by atoms with Crippen molar-refractivity contribution in [2.45, 2.75) is 24.6 Å². The molecule has 0 aromatic carbocycles. The summed E-state index contributed by atoms with van der Waals surface area (Å²) >= 11 is 0. The summed E-state index contributed by atoms with van der Waals surface area (Å²) in [6.45, 7) is 0.814.